The van der Waals surface area contributed by atoms with Gasteiger partial charge in [-0.3, -0.25) is 15.0 Å². The zero-order valence-corrected chi connectivity index (χ0v) is 15.9. The number of methoxy groups -OCH3 is 1. The number of carbonyl (C=O) groups is 3. The van der Waals surface area contributed by atoms with E-state index >= 15 is 0 Å². The Balaban J connectivity index is 1.53. The highest BCUT2D eigenvalue weighted by Gasteiger charge is 2.50. The minimum atomic E-state index is -1.32. The molecule has 150 valence electrons. The summed E-state index contributed by atoms with van der Waals surface area (Å²) in [7, 11) is 1.54. The third-order valence-electron chi connectivity index (χ3n) is 4.88. The number of ether oxygens (including phenoxy) is 3. The van der Waals surface area contributed by atoms with Crippen LogP contribution in [0.15, 0.2) is 42.5 Å². The molecule has 2 N–H and O–H groups in total. The molecule has 0 radical (unpaired) electrons. The number of benzene rings is 2. The zero-order chi connectivity index (χ0) is 20.6. The molecule has 29 heavy (non-hydrogen) atoms. The van der Waals surface area contributed by atoms with E-state index in [9.17, 15) is 14.4 Å². The number of nitrogens with zero attached hydrogens (tertiary/aromatic N) is 1. The summed E-state index contributed by atoms with van der Waals surface area (Å²) >= 11 is 0. The third-order valence-corrected chi connectivity index (χ3v) is 4.88. The molecule has 1 atom stereocenters. The van der Waals surface area contributed by atoms with Crippen LogP contribution in [-0.4, -0.2) is 43.2 Å². The highest BCUT2D eigenvalue weighted by molar-refractivity contribution is 6.09. The summed E-state index contributed by atoms with van der Waals surface area (Å²) in [6.45, 7) is 2.39. The Morgan fingerprint density at radius 1 is 1.10 bits per heavy atom. The van der Waals surface area contributed by atoms with Crippen LogP contribution in [0.4, 0.5) is 4.79 Å². The molecule has 1 fully saturated rings. The predicted molar refractivity (Wildman–Crippen MR) is 101 cm³/mol. The molecule has 2 aromatic carbocycles. The maximum Gasteiger partial charge on any atom is 0.344 e. The lowest BCUT2D eigenvalue weighted by Crippen LogP contribution is -2.47. The van der Waals surface area contributed by atoms with Crippen molar-refractivity contribution in [1.29, 1.82) is 0 Å². The molecule has 9 heteroatoms. The van der Waals surface area contributed by atoms with Crippen LogP contribution in [0.5, 0.6) is 17.2 Å². The van der Waals surface area contributed by atoms with Crippen LogP contribution in [0.25, 0.3) is 0 Å². The highest BCUT2D eigenvalue weighted by Crippen LogP contribution is 2.32. The second kappa shape index (κ2) is 7.01. The number of imide groups is 1. The number of rotatable bonds is 4. The van der Waals surface area contributed by atoms with E-state index in [-0.39, 0.29) is 5.56 Å². The van der Waals surface area contributed by atoms with Crippen molar-refractivity contribution in [2.75, 3.05) is 20.3 Å². The fourth-order valence-electron chi connectivity index (χ4n) is 3.21. The summed E-state index contributed by atoms with van der Waals surface area (Å²) in [6.07, 6.45) is 0. The van der Waals surface area contributed by atoms with E-state index in [2.05, 4.69) is 10.7 Å². The van der Waals surface area contributed by atoms with E-state index in [1.165, 1.54) is 19.2 Å². The molecule has 0 unspecified atom stereocenters. The molecule has 4 amide bonds. The highest BCUT2D eigenvalue weighted by atomic mass is 16.6. The number of fused-ring (bicyclic) bond motifs is 1. The van der Waals surface area contributed by atoms with Gasteiger partial charge in [-0.05, 0) is 42.8 Å². The number of carbonyl (C=O) groups excluding carboxylic acids is 3. The van der Waals surface area contributed by atoms with Crippen molar-refractivity contribution in [1.82, 2.24) is 15.8 Å². The van der Waals surface area contributed by atoms with Gasteiger partial charge in [0.15, 0.2) is 11.5 Å². The summed E-state index contributed by atoms with van der Waals surface area (Å²) in [5, 5.41) is 3.31. The molecular weight excluding hydrogens is 378 g/mol. The van der Waals surface area contributed by atoms with Gasteiger partial charge in [-0.25, -0.2) is 4.79 Å². The van der Waals surface area contributed by atoms with E-state index in [0.29, 0.717) is 41.0 Å². The van der Waals surface area contributed by atoms with Gasteiger partial charge in [-0.2, -0.15) is 5.01 Å². The molecule has 4 rings (SSSR count). The van der Waals surface area contributed by atoms with Gasteiger partial charge in [0.05, 0.1) is 7.11 Å². The molecule has 0 aliphatic carbocycles. The Hall–Kier alpha value is -3.75. The summed E-state index contributed by atoms with van der Waals surface area (Å²) in [6, 6.07) is 10.7. The van der Waals surface area contributed by atoms with E-state index in [0.717, 1.165) is 0 Å². The van der Waals surface area contributed by atoms with E-state index in [1.807, 2.05) is 0 Å². The van der Waals surface area contributed by atoms with Crippen LogP contribution in [-0.2, 0) is 10.3 Å². The number of amides is 4. The summed E-state index contributed by atoms with van der Waals surface area (Å²) in [4.78, 5) is 38.0. The molecular formula is C20H19N3O6. The first-order valence-corrected chi connectivity index (χ1v) is 8.94. The van der Waals surface area contributed by atoms with E-state index < -0.39 is 23.4 Å². The molecule has 2 aliphatic rings. The van der Waals surface area contributed by atoms with Crippen molar-refractivity contribution < 1.29 is 28.6 Å². The molecule has 2 aliphatic heterocycles. The lowest BCUT2D eigenvalue weighted by Gasteiger charge is -2.22. The Morgan fingerprint density at radius 2 is 1.79 bits per heavy atom. The van der Waals surface area contributed by atoms with Crippen molar-refractivity contribution in [2.24, 2.45) is 0 Å². The van der Waals surface area contributed by atoms with Crippen molar-refractivity contribution >= 4 is 17.8 Å². The maximum absolute atomic E-state index is 12.9. The van der Waals surface area contributed by atoms with Crippen LogP contribution in [0.3, 0.4) is 0 Å². The van der Waals surface area contributed by atoms with Crippen molar-refractivity contribution in [3.8, 4) is 17.2 Å². The average molecular weight is 397 g/mol. The Kier molecular flexibility index (Phi) is 4.50. The van der Waals surface area contributed by atoms with Gasteiger partial charge in [0.2, 0.25) is 0 Å². The molecule has 0 saturated carbocycles. The van der Waals surface area contributed by atoms with Crippen molar-refractivity contribution in [3.63, 3.8) is 0 Å². The molecule has 0 spiro atoms. The first-order valence-electron chi connectivity index (χ1n) is 8.94. The zero-order valence-electron chi connectivity index (χ0n) is 15.9. The Labute approximate surface area is 166 Å². The maximum atomic E-state index is 12.9. The smallest absolute Gasteiger partial charge is 0.344 e. The van der Waals surface area contributed by atoms with Crippen LogP contribution in [0.2, 0.25) is 0 Å². The molecule has 2 heterocycles. The largest absolute Gasteiger partial charge is 0.497 e. The van der Waals surface area contributed by atoms with Crippen LogP contribution < -0.4 is 25.0 Å². The summed E-state index contributed by atoms with van der Waals surface area (Å²) < 4.78 is 16.0. The normalized spacial score (nSPS) is 20.3. The molecule has 1 saturated heterocycles. The van der Waals surface area contributed by atoms with Crippen LogP contribution in [0, 0.1) is 0 Å². The summed E-state index contributed by atoms with van der Waals surface area (Å²) in [5.74, 6) is 0.375. The average Bonchev–Trinajstić information content (AvgIpc) is 2.97. The van der Waals surface area contributed by atoms with Gasteiger partial charge in [-0.15, -0.1) is 0 Å². The summed E-state index contributed by atoms with van der Waals surface area (Å²) in [5.41, 5.74) is 1.84. The van der Waals surface area contributed by atoms with Gasteiger partial charge in [0, 0.05) is 5.56 Å². The number of hydrazine groups is 1. The Bertz CT molecular complexity index is 990. The fraction of sp³-hybridized carbons (Fsp3) is 0.250. The van der Waals surface area contributed by atoms with Crippen molar-refractivity contribution in [3.05, 3.63) is 53.6 Å². The predicted octanol–water partition coefficient (Wildman–Crippen LogP) is 1.58. The SMILES string of the molecule is COc1ccc([C@@]2(C)NC(=O)N(NC(=O)c3ccc4c(c3)OCCO4)C2=O)cc1. The van der Waals surface area contributed by atoms with Gasteiger partial charge < -0.3 is 19.5 Å². The number of urea groups is 1. The van der Waals surface area contributed by atoms with Gasteiger partial charge in [0.25, 0.3) is 11.8 Å². The lowest BCUT2D eigenvalue weighted by atomic mass is 9.92. The molecule has 0 aromatic heterocycles. The van der Waals surface area contributed by atoms with Gasteiger partial charge in [-0.1, -0.05) is 12.1 Å². The third kappa shape index (κ3) is 3.20. The van der Waals surface area contributed by atoms with E-state index in [1.54, 1.807) is 37.3 Å². The lowest BCUT2D eigenvalue weighted by molar-refractivity contribution is -0.132. The van der Waals surface area contributed by atoms with Crippen LogP contribution in [0.1, 0.15) is 22.8 Å². The first-order chi connectivity index (χ1) is 13.9. The van der Waals surface area contributed by atoms with Crippen LogP contribution >= 0.6 is 0 Å². The standard InChI is InChI=1S/C20H19N3O6/c1-20(13-4-6-14(27-2)7-5-13)18(25)23(19(26)21-20)22-17(24)12-3-8-15-16(11-12)29-10-9-28-15/h3-8,11H,9-10H2,1-2H3,(H,21,26)(H,22,24)/t20-/m1/s1. The fourth-order valence-corrected chi connectivity index (χ4v) is 3.21. The second-order valence-electron chi connectivity index (χ2n) is 6.72. The number of hydrogen-bond acceptors (Lipinski definition) is 6. The molecule has 9 nitrogen and oxygen atoms in total. The van der Waals surface area contributed by atoms with E-state index in [4.69, 9.17) is 14.2 Å². The van der Waals surface area contributed by atoms with Gasteiger partial charge >= 0.3 is 6.03 Å². The minimum absolute atomic E-state index is 0.230. The molecule has 0 bridgehead atoms. The Morgan fingerprint density at radius 3 is 2.48 bits per heavy atom. The van der Waals surface area contributed by atoms with Crippen molar-refractivity contribution in [2.45, 2.75) is 12.5 Å². The number of nitrogens with one attached hydrogen (secondary N) is 2. The quantitative estimate of drug-likeness (QED) is 0.759. The monoisotopic (exact) mass is 397 g/mol. The van der Waals surface area contributed by atoms with Gasteiger partial charge in [0.1, 0.15) is 24.5 Å². The minimum Gasteiger partial charge on any atom is -0.497 e. The first kappa shape index (κ1) is 18.6. The second-order valence-corrected chi connectivity index (χ2v) is 6.72. The topological polar surface area (TPSA) is 106 Å². The number of hydrogen-bond donors (Lipinski definition) is 2. The molecule has 2 aromatic rings.